The predicted octanol–water partition coefficient (Wildman–Crippen LogP) is 2.39. The maximum absolute atomic E-state index is 12.6. The van der Waals surface area contributed by atoms with Gasteiger partial charge in [0.25, 0.3) is 10.0 Å². The Morgan fingerprint density at radius 3 is 2.68 bits per heavy atom. The first-order valence-corrected chi connectivity index (χ1v) is 10.4. The van der Waals surface area contributed by atoms with Crippen LogP contribution in [0.15, 0.2) is 46.0 Å². The number of carboxylic acids is 1. The molecule has 25 heavy (non-hydrogen) atoms. The number of sulfonamides is 1. The molecule has 1 saturated heterocycles. The number of nitrogens with one attached hydrogen (secondary N) is 1. The summed E-state index contributed by atoms with van der Waals surface area (Å²) in [6.07, 6.45) is 1.74. The normalized spacial score (nSPS) is 19.0. The summed E-state index contributed by atoms with van der Waals surface area (Å²) in [7, 11) is -3.40. The molecule has 1 aliphatic heterocycles. The summed E-state index contributed by atoms with van der Waals surface area (Å²) in [5.41, 5.74) is 1.23. The number of hydrogen-bond acceptors (Lipinski definition) is 5. The van der Waals surface area contributed by atoms with Crippen molar-refractivity contribution in [2.45, 2.75) is 29.6 Å². The minimum Gasteiger partial charge on any atom is -0.478 e. The van der Waals surface area contributed by atoms with E-state index in [2.05, 4.69) is 5.32 Å². The lowest BCUT2D eigenvalue weighted by Gasteiger charge is -2.32. The van der Waals surface area contributed by atoms with Gasteiger partial charge in [0.15, 0.2) is 0 Å². The molecule has 1 aliphatic rings. The Labute approximate surface area is 151 Å². The Morgan fingerprint density at radius 1 is 1.28 bits per heavy atom. The summed E-state index contributed by atoms with van der Waals surface area (Å²) < 4.78 is 27.2. The Hall–Kier alpha value is -1.74. The van der Waals surface area contributed by atoms with Gasteiger partial charge < -0.3 is 10.4 Å². The van der Waals surface area contributed by atoms with E-state index in [0.29, 0.717) is 23.8 Å². The molecule has 0 amide bonds. The van der Waals surface area contributed by atoms with Crippen molar-refractivity contribution < 1.29 is 18.3 Å². The zero-order chi connectivity index (χ0) is 17.9. The minimum absolute atomic E-state index is 0.0858. The minimum atomic E-state index is -3.40. The van der Waals surface area contributed by atoms with Crippen molar-refractivity contribution in [3.8, 4) is 0 Å². The zero-order valence-electron chi connectivity index (χ0n) is 13.6. The van der Waals surface area contributed by atoms with Crippen LogP contribution < -0.4 is 5.32 Å². The van der Waals surface area contributed by atoms with Gasteiger partial charge >= 0.3 is 5.97 Å². The van der Waals surface area contributed by atoms with Gasteiger partial charge in [-0.25, -0.2) is 13.2 Å². The highest BCUT2D eigenvalue weighted by Crippen LogP contribution is 2.24. The van der Waals surface area contributed by atoms with Gasteiger partial charge in [0.2, 0.25) is 0 Å². The zero-order valence-corrected chi connectivity index (χ0v) is 15.2. The lowest BCUT2D eigenvalue weighted by Crippen LogP contribution is -2.47. The summed E-state index contributed by atoms with van der Waals surface area (Å²) in [4.78, 5) is 10.9. The fourth-order valence-corrected chi connectivity index (χ4v) is 5.56. The molecule has 8 heteroatoms. The fraction of sp³-hybridized carbons (Fsp3) is 0.353. The lowest BCUT2D eigenvalue weighted by molar-refractivity contribution is 0.0697. The first kappa shape index (κ1) is 18.1. The van der Waals surface area contributed by atoms with E-state index in [1.54, 1.807) is 46.1 Å². The van der Waals surface area contributed by atoms with Crippen LogP contribution in [0.2, 0.25) is 0 Å². The standard InChI is InChI=1S/C17H20N2O4S2/c20-17(21)14-7-5-13(6-8-14)11-18-15-3-1-9-19(12-15)25(22,23)16-4-2-10-24-16/h2,4-8,10,15,18H,1,3,9,11-12H2,(H,20,21)/t15-/m1/s1. The first-order chi connectivity index (χ1) is 12.0. The van der Waals surface area contributed by atoms with Crippen molar-refractivity contribution in [1.29, 1.82) is 0 Å². The van der Waals surface area contributed by atoms with Crippen LogP contribution in [0.1, 0.15) is 28.8 Å². The van der Waals surface area contributed by atoms with Gasteiger partial charge in [0.1, 0.15) is 4.21 Å². The molecule has 0 spiro atoms. The van der Waals surface area contributed by atoms with Crippen LogP contribution in [-0.4, -0.2) is 42.9 Å². The van der Waals surface area contributed by atoms with E-state index in [-0.39, 0.29) is 11.6 Å². The molecule has 134 valence electrons. The van der Waals surface area contributed by atoms with Crippen molar-refractivity contribution in [2.24, 2.45) is 0 Å². The van der Waals surface area contributed by atoms with Crippen molar-refractivity contribution in [2.75, 3.05) is 13.1 Å². The fourth-order valence-electron chi connectivity index (χ4n) is 2.89. The van der Waals surface area contributed by atoms with Crippen LogP contribution >= 0.6 is 11.3 Å². The molecule has 0 unspecified atom stereocenters. The Balaban J connectivity index is 1.59. The highest BCUT2D eigenvalue weighted by atomic mass is 32.2. The number of carboxylic acid groups (broad SMARTS) is 1. The van der Waals surface area contributed by atoms with Crippen molar-refractivity contribution in [3.05, 3.63) is 52.9 Å². The quantitative estimate of drug-likeness (QED) is 0.804. The Morgan fingerprint density at radius 2 is 2.04 bits per heavy atom. The van der Waals surface area contributed by atoms with E-state index in [1.165, 1.54) is 11.3 Å². The largest absolute Gasteiger partial charge is 0.478 e. The molecule has 1 aromatic heterocycles. The van der Waals surface area contributed by atoms with Crippen LogP contribution in [0, 0.1) is 0 Å². The molecule has 2 heterocycles. The molecular weight excluding hydrogens is 360 g/mol. The van der Waals surface area contributed by atoms with Gasteiger partial charge in [-0.2, -0.15) is 4.31 Å². The molecule has 1 fully saturated rings. The van der Waals surface area contributed by atoms with Gasteiger partial charge in [0.05, 0.1) is 5.56 Å². The SMILES string of the molecule is O=C(O)c1ccc(CN[C@@H]2CCCN(S(=O)(=O)c3cccs3)C2)cc1. The number of piperidine rings is 1. The van der Waals surface area contributed by atoms with Gasteiger partial charge in [-0.05, 0) is 42.0 Å². The molecule has 1 atom stereocenters. The topological polar surface area (TPSA) is 86.7 Å². The van der Waals surface area contributed by atoms with Crippen LogP contribution in [0.4, 0.5) is 0 Å². The maximum atomic E-state index is 12.6. The highest BCUT2D eigenvalue weighted by Gasteiger charge is 2.30. The van der Waals surface area contributed by atoms with Crippen molar-refractivity contribution in [3.63, 3.8) is 0 Å². The number of aromatic carboxylic acids is 1. The van der Waals surface area contributed by atoms with E-state index in [4.69, 9.17) is 5.11 Å². The molecule has 2 aromatic rings. The lowest BCUT2D eigenvalue weighted by atomic mass is 10.1. The first-order valence-electron chi connectivity index (χ1n) is 8.06. The summed E-state index contributed by atoms with van der Waals surface area (Å²) in [6, 6.07) is 10.2. The van der Waals surface area contributed by atoms with Gasteiger partial charge in [0, 0.05) is 25.7 Å². The maximum Gasteiger partial charge on any atom is 0.335 e. The Bertz CT molecular complexity index is 817. The third-order valence-electron chi connectivity index (χ3n) is 4.27. The predicted molar refractivity (Wildman–Crippen MR) is 96.3 cm³/mol. The van der Waals surface area contributed by atoms with Crippen molar-refractivity contribution in [1.82, 2.24) is 9.62 Å². The Kier molecular flexibility index (Phi) is 5.53. The molecule has 1 aromatic carbocycles. The second kappa shape index (κ2) is 7.65. The summed E-state index contributed by atoms with van der Waals surface area (Å²) in [6.45, 7) is 1.58. The summed E-state index contributed by atoms with van der Waals surface area (Å²) >= 11 is 1.24. The van der Waals surface area contributed by atoms with E-state index < -0.39 is 16.0 Å². The second-order valence-electron chi connectivity index (χ2n) is 6.02. The van der Waals surface area contributed by atoms with Crippen LogP contribution in [0.5, 0.6) is 0 Å². The molecule has 0 bridgehead atoms. The van der Waals surface area contributed by atoms with Crippen molar-refractivity contribution >= 4 is 27.3 Å². The van der Waals surface area contributed by atoms with Gasteiger partial charge in [-0.1, -0.05) is 18.2 Å². The van der Waals surface area contributed by atoms with E-state index >= 15 is 0 Å². The number of hydrogen-bond donors (Lipinski definition) is 2. The average Bonchev–Trinajstić information content (AvgIpc) is 3.16. The monoisotopic (exact) mass is 380 g/mol. The molecule has 2 N–H and O–H groups in total. The number of nitrogens with zero attached hydrogens (tertiary/aromatic N) is 1. The van der Waals surface area contributed by atoms with E-state index in [0.717, 1.165) is 18.4 Å². The summed E-state index contributed by atoms with van der Waals surface area (Å²) in [5.74, 6) is -0.943. The highest BCUT2D eigenvalue weighted by molar-refractivity contribution is 7.91. The number of carbonyl (C=O) groups is 1. The van der Waals surface area contributed by atoms with E-state index in [1.807, 2.05) is 0 Å². The second-order valence-corrected chi connectivity index (χ2v) is 9.13. The number of thiophene rings is 1. The molecule has 0 radical (unpaired) electrons. The molecule has 0 aliphatic carbocycles. The van der Waals surface area contributed by atoms with E-state index in [9.17, 15) is 13.2 Å². The third kappa shape index (κ3) is 4.27. The van der Waals surface area contributed by atoms with Crippen LogP contribution in [0.25, 0.3) is 0 Å². The van der Waals surface area contributed by atoms with Gasteiger partial charge in [-0.15, -0.1) is 11.3 Å². The average molecular weight is 380 g/mol. The van der Waals surface area contributed by atoms with Crippen LogP contribution in [0.3, 0.4) is 0 Å². The number of benzene rings is 1. The molecule has 6 nitrogen and oxygen atoms in total. The summed E-state index contributed by atoms with van der Waals surface area (Å²) in [5, 5.41) is 14.1. The van der Waals surface area contributed by atoms with Crippen LogP contribution in [-0.2, 0) is 16.6 Å². The van der Waals surface area contributed by atoms with Gasteiger partial charge in [-0.3, -0.25) is 0 Å². The molecule has 3 rings (SSSR count). The molecule has 0 saturated carbocycles. The number of rotatable bonds is 6. The third-order valence-corrected chi connectivity index (χ3v) is 7.51. The smallest absolute Gasteiger partial charge is 0.335 e. The molecular formula is C17H20N2O4S2.